The van der Waals surface area contributed by atoms with Crippen LogP contribution >= 0.6 is 23.2 Å². The number of halogens is 3. The highest BCUT2D eigenvalue weighted by molar-refractivity contribution is 6.39. The average Bonchev–Trinajstić information content (AvgIpc) is 2.36. The summed E-state index contributed by atoms with van der Waals surface area (Å²) in [7, 11) is 0. The molecule has 0 bridgehead atoms. The van der Waals surface area contributed by atoms with E-state index in [4.69, 9.17) is 32.7 Å². The summed E-state index contributed by atoms with van der Waals surface area (Å²) in [6.07, 6.45) is -0.579. The number of rotatable bonds is 9. The van der Waals surface area contributed by atoms with Gasteiger partial charge in [0.25, 0.3) is 0 Å². The number of anilines is 1. The number of nitrogens with one attached hydrogen (secondary N) is 1. The zero-order valence-corrected chi connectivity index (χ0v) is 13.5. The predicted octanol–water partition coefficient (Wildman–Crippen LogP) is 3.35. The normalized spacial score (nSPS) is 12.7. The van der Waals surface area contributed by atoms with Gasteiger partial charge in [-0.05, 0) is 26.0 Å². The van der Waals surface area contributed by atoms with Crippen molar-refractivity contribution in [2.75, 3.05) is 31.7 Å². The quantitative estimate of drug-likeness (QED) is 0.677. The van der Waals surface area contributed by atoms with E-state index in [2.05, 4.69) is 5.32 Å². The van der Waals surface area contributed by atoms with E-state index in [9.17, 15) is 9.50 Å². The first kappa shape index (κ1) is 18.5. The minimum atomic E-state index is -0.735. The van der Waals surface area contributed by atoms with Gasteiger partial charge in [0.2, 0.25) is 0 Å². The van der Waals surface area contributed by atoms with E-state index in [0.717, 1.165) is 12.1 Å². The van der Waals surface area contributed by atoms with Gasteiger partial charge >= 0.3 is 0 Å². The molecule has 7 heteroatoms. The first-order chi connectivity index (χ1) is 9.90. The summed E-state index contributed by atoms with van der Waals surface area (Å²) >= 11 is 11.8. The van der Waals surface area contributed by atoms with Crippen molar-refractivity contribution in [3.63, 3.8) is 0 Å². The lowest BCUT2D eigenvalue weighted by Gasteiger charge is -2.15. The lowest BCUT2D eigenvalue weighted by atomic mass is 10.3. The summed E-state index contributed by atoms with van der Waals surface area (Å²) in [5.74, 6) is -0.510. The Balaban J connectivity index is 2.29. The van der Waals surface area contributed by atoms with Crippen molar-refractivity contribution >= 4 is 28.9 Å². The van der Waals surface area contributed by atoms with Crippen molar-refractivity contribution in [3.05, 3.63) is 28.0 Å². The molecule has 0 aliphatic rings. The highest BCUT2D eigenvalue weighted by Crippen LogP contribution is 2.31. The van der Waals surface area contributed by atoms with E-state index < -0.39 is 11.9 Å². The van der Waals surface area contributed by atoms with Crippen LogP contribution in [0.4, 0.5) is 10.1 Å². The van der Waals surface area contributed by atoms with Gasteiger partial charge in [0.1, 0.15) is 5.82 Å². The summed E-state index contributed by atoms with van der Waals surface area (Å²) in [6, 6.07) is 2.31. The molecule has 0 radical (unpaired) electrons. The summed E-state index contributed by atoms with van der Waals surface area (Å²) in [5, 5.41) is 13.0. The third-order valence-electron chi connectivity index (χ3n) is 2.51. The van der Waals surface area contributed by atoms with E-state index >= 15 is 0 Å². The first-order valence-corrected chi connectivity index (χ1v) is 7.41. The summed E-state index contributed by atoms with van der Waals surface area (Å²) < 4.78 is 23.6. The molecule has 4 nitrogen and oxygen atoms in total. The summed E-state index contributed by atoms with van der Waals surface area (Å²) in [5.41, 5.74) is 0.391. The van der Waals surface area contributed by atoms with Gasteiger partial charge in [-0.2, -0.15) is 0 Å². The molecule has 1 rings (SSSR count). The number of hydrogen-bond donors (Lipinski definition) is 2. The topological polar surface area (TPSA) is 50.7 Å². The van der Waals surface area contributed by atoms with Crippen LogP contribution in [0.15, 0.2) is 12.1 Å². The molecule has 0 heterocycles. The second kappa shape index (κ2) is 9.43. The van der Waals surface area contributed by atoms with Crippen molar-refractivity contribution in [1.82, 2.24) is 0 Å². The van der Waals surface area contributed by atoms with Gasteiger partial charge in [-0.1, -0.05) is 23.2 Å². The fraction of sp³-hybridized carbons (Fsp3) is 0.571. The molecule has 0 spiro atoms. The average molecular weight is 340 g/mol. The van der Waals surface area contributed by atoms with Crippen molar-refractivity contribution in [2.45, 2.75) is 26.1 Å². The smallest absolute Gasteiger partial charge is 0.126 e. The zero-order valence-electron chi connectivity index (χ0n) is 12.0. The Labute approximate surface area is 134 Å². The van der Waals surface area contributed by atoms with Crippen LogP contribution in [0.25, 0.3) is 0 Å². The molecule has 1 atom stereocenters. The molecule has 0 fully saturated rings. The Hall–Kier alpha value is -0.590. The standard InChI is InChI=1S/C14H20Cl2FNO3/c1-9(2)21-4-3-20-8-11(19)7-18-14-12(15)5-10(17)6-13(14)16/h5-6,9,11,18-19H,3-4,7-8H2,1-2H3. The van der Waals surface area contributed by atoms with Gasteiger partial charge in [0.15, 0.2) is 0 Å². The van der Waals surface area contributed by atoms with Crippen LogP contribution in [-0.2, 0) is 9.47 Å². The Morgan fingerprint density at radius 3 is 2.43 bits per heavy atom. The summed E-state index contributed by atoms with van der Waals surface area (Å²) in [6.45, 7) is 5.12. The Morgan fingerprint density at radius 1 is 1.24 bits per heavy atom. The largest absolute Gasteiger partial charge is 0.389 e. The SMILES string of the molecule is CC(C)OCCOCC(O)CNc1c(Cl)cc(F)cc1Cl. The Kier molecular flexibility index (Phi) is 8.29. The molecule has 21 heavy (non-hydrogen) atoms. The van der Waals surface area contributed by atoms with E-state index in [-0.39, 0.29) is 29.3 Å². The molecule has 0 amide bonds. The number of aliphatic hydroxyl groups is 1. The number of benzene rings is 1. The second-order valence-corrected chi connectivity index (χ2v) is 5.59. The highest BCUT2D eigenvalue weighted by atomic mass is 35.5. The third kappa shape index (κ3) is 7.29. The van der Waals surface area contributed by atoms with Crippen LogP contribution < -0.4 is 5.32 Å². The molecular formula is C14H20Cl2FNO3. The van der Waals surface area contributed by atoms with E-state index in [0.29, 0.717) is 18.9 Å². The van der Waals surface area contributed by atoms with Crippen molar-refractivity contribution in [3.8, 4) is 0 Å². The molecule has 1 aromatic carbocycles. The van der Waals surface area contributed by atoms with Crippen LogP contribution in [-0.4, -0.2) is 43.7 Å². The van der Waals surface area contributed by atoms with Gasteiger partial charge in [0.05, 0.1) is 47.8 Å². The molecule has 0 saturated carbocycles. The van der Waals surface area contributed by atoms with Gasteiger partial charge in [-0.3, -0.25) is 0 Å². The minimum absolute atomic E-state index is 0.156. The third-order valence-corrected chi connectivity index (χ3v) is 3.11. The van der Waals surface area contributed by atoms with Crippen LogP contribution in [0.5, 0.6) is 0 Å². The molecule has 0 aliphatic carbocycles. The van der Waals surface area contributed by atoms with E-state index in [1.807, 2.05) is 13.8 Å². The van der Waals surface area contributed by atoms with Crippen molar-refractivity contribution < 1.29 is 19.0 Å². The predicted molar refractivity (Wildman–Crippen MR) is 82.8 cm³/mol. The molecule has 0 aliphatic heterocycles. The monoisotopic (exact) mass is 339 g/mol. The fourth-order valence-corrected chi connectivity index (χ4v) is 2.15. The van der Waals surface area contributed by atoms with Gasteiger partial charge < -0.3 is 19.9 Å². The number of aliphatic hydroxyl groups excluding tert-OH is 1. The van der Waals surface area contributed by atoms with E-state index in [1.54, 1.807) is 0 Å². The first-order valence-electron chi connectivity index (χ1n) is 6.66. The maximum absolute atomic E-state index is 13.0. The number of ether oxygens (including phenoxy) is 2. The molecular weight excluding hydrogens is 320 g/mol. The molecule has 1 unspecified atom stereocenters. The van der Waals surface area contributed by atoms with Crippen molar-refractivity contribution in [2.24, 2.45) is 0 Å². The fourth-order valence-electron chi connectivity index (χ4n) is 1.55. The van der Waals surface area contributed by atoms with Gasteiger partial charge in [-0.15, -0.1) is 0 Å². The highest BCUT2D eigenvalue weighted by Gasteiger charge is 2.10. The van der Waals surface area contributed by atoms with Crippen LogP contribution in [0.1, 0.15) is 13.8 Å². The molecule has 0 saturated heterocycles. The second-order valence-electron chi connectivity index (χ2n) is 4.77. The lowest BCUT2D eigenvalue weighted by Crippen LogP contribution is -2.26. The summed E-state index contributed by atoms with van der Waals surface area (Å²) in [4.78, 5) is 0. The molecule has 1 aromatic rings. The maximum Gasteiger partial charge on any atom is 0.126 e. The molecule has 2 N–H and O–H groups in total. The van der Waals surface area contributed by atoms with Crippen LogP contribution in [0, 0.1) is 5.82 Å². The zero-order chi connectivity index (χ0) is 15.8. The number of hydrogen-bond acceptors (Lipinski definition) is 4. The maximum atomic E-state index is 13.0. The van der Waals surface area contributed by atoms with Crippen LogP contribution in [0.2, 0.25) is 10.0 Å². The van der Waals surface area contributed by atoms with Gasteiger partial charge in [-0.25, -0.2) is 4.39 Å². The lowest BCUT2D eigenvalue weighted by molar-refractivity contribution is -0.00734. The molecule has 120 valence electrons. The van der Waals surface area contributed by atoms with Crippen LogP contribution in [0.3, 0.4) is 0 Å². The Bertz CT molecular complexity index is 423. The Morgan fingerprint density at radius 2 is 1.86 bits per heavy atom. The van der Waals surface area contributed by atoms with Crippen molar-refractivity contribution in [1.29, 1.82) is 0 Å². The minimum Gasteiger partial charge on any atom is -0.389 e. The van der Waals surface area contributed by atoms with E-state index in [1.165, 1.54) is 0 Å². The van der Waals surface area contributed by atoms with Gasteiger partial charge in [0, 0.05) is 6.54 Å². The molecule has 0 aromatic heterocycles.